The highest BCUT2D eigenvalue weighted by atomic mass is 16.3. The fourth-order valence-corrected chi connectivity index (χ4v) is 2.95. The first-order valence-corrected chi connectivity index (χ1v) is 6.82. The van der Waals surface area contributed by atoms with Crippen LogP contribution in [0.25, 0.3) is 0 Å². The van der Waals surface area contributed by atoms with Crippen molar-refractivity contribution in [1.29, 1.82) is 0 Å². The number of rotatable bonds is 3. The van der Waals surface area contributed by atoms with Crippen molar-refractivity contribution in [2.75, 3.05) is 13.6 Å². The van der Waals surface area contributed by atoms with Gasteiger partial charge in [-0.05, 0) is 5.57 Å². The van der Waals surface area contributed by atoms with Gasteiger partial charge >= 0.3 is 0 Å². The highest BCUT2D eigenvalue weighted by Crippen LogP contribution is 2.30. The van der Waals surface area contributed by atoms with Gasteiger partial charge in [-0.1, -0.05) is 12.2 Å². The summed E-state index contributed by atoms with van der Waals surface area (Å²) in [5.74, 6) is -0.428. The van der Waals surface area contributed by atoms with E-state index >= 15 is 0 Å². The van der Waals surface area contributed by atoms with Crippen LogP contribution in [-0.2, 0) is 4.79 Å². The van der Waals surface area contributed by atoms with Crippen LogP contribution >= 0.6 is 0 Å². The molecule has 0 fully saturated rings. The van der Waals surface area contributed by atoms with Gasteiger partial charge in [-0.2, -0.15) is 0 Å². The maximum atomic E-state index is 12.1. The Hall–Kier alpha value is -1.90. The van der Waals surface area contributed by atoms with Gasteiger partial charge in [0.25, 0.3) is 0 Å². The quantitative estimate of drug-likeness (QED) is 0.365. The maximum absolute atomic E-state index is 12.1. The highest BCUT2D eigenvalue weighted by molar-refractivity contribution is 6.01. The molecular weight excluding hydrogens is 274 g/mol. The molecule has 2 aliphatic heterocycles. The minimum Gasteiger partial charge on any atom is -0.388 e. The smallest absolute Gasteiger partial charge is 0.238 e. The lowest BCUT2D eigenvalue weighted by Gasteiger charge is -2.28. The molecule has 0 saturated carbocycles. The molecule has 1 aliphatic carbocycles. The van der Waals surface area contributed by atoms with Crippen molar-refractivity contribution in [1.82, 2.24) is 15.5 Å². The summed E-state index contributed by atoms with van der Waals surface area (Å²) in [6, 6.07) is -0.328. The lowest BCUT2D eigenvalue weighted by molar-refractivity contribution is -0.124. The van der Waals surface area contributed by atoms with E-state index in [1.165, 1.54) is 0 Å². The fourth-order valence-electron chi connectivity index (χ4n) is 2.95. The first kappa shape index (κ1) is 14.1. The van der Waals surface area contributed by atoms with Crippen LogP contribution in [0.1, 0.15) is 0 Å². The maximum Gasteiger partial charge on any atom is 0.238 e. The van der Waals surface area contributed by atoms with Gasteiger partial charge in [0, 0.05) is 19.8 Å². The Morgan fingerprint density at radius 1 is 1.48 bits per heavy atom. The molecule has 3 rings (SSSR count). The van der Waals surface area contributed by atoms with Crippen LogP contribution in [-0.4, -0.2) is 65.0 Å². The van der Waals surface area contributed by atoms with Crippen LogP contribution in [0.4, 0.5) is 0 Å². The second-order valence-electron chi connectivity index (χ2n) is 5.54. The zero-order valence-corrected chi connectivity index (χ0v) is 11.6. The van der Waals surface area contributed by atoms with Gasteiger partial charge < -0.3 is 26.2 Å². The van der Waals surface area contributed by atoms with Crippen molar-refractivity contribution < 1.29 is 15.0 Å². The van der Waals surface area contributed by atoms with E-state index < -0.39 is 12.2 Å². The van der Waals surface area contributed by atoms with Crippen molar-refractivity contribution in [2.24, 2.45) is 16.6 Å². The molecule has 0 aromatic heterocycles. The Kier molecular flexibility index (Phi) is 3.44. The molecule has 3 aliphatic rings. The molecule has 8 heteroatoms. The normalized spacial score (nSPS) is 38.1. The Morgan fingerprint density at radius 3 is 2.90 bits per heavy atom. The minimum atomic E-state index is -0.866. The summed E-state index contributed by atoms with van der Waals surface area (Å²) in [7, 11) is 1.84. The minimum absolute atomic E-state index is 0.132. The first-order chi connectivity index (χ1) is 9.97. The average Bonchev–Trinajstić information content (AvgIpc) is 2.90. The van der Waals surface area contributed by atoms with Crippen LogP contribution in [0.3, 0.4) is 0 Å². The fraction of sp³-hybridized carbons (Fsp3) is 0.538. The van der Waals surface area contributed by atoms with Crippen LogP contribution in [0.2, 0.25) is 0 Å². The number of carbonyl (C=O) groups is 1. The van der Waals surface area contributed by atoms with E-state index in [9.17, 15) is 15.0 Å². The van der Waals surface area contributed by atoms with Gasteiger partial charge in [0.2, 0.25) is 5.91 Å². The van der Waals surface area contributed by atoms with E-state index in [2.05, 4.69) is 15.6 Å². The largest absolute Gasteiger partial charge is 0.388 e. The van der Waals surface area contributed by atoms with Gasteiger partial charge in [0.15, 0.2) is 5.96 Å². The lowest BCUT2D eigenvalue weighted by Crippen LogP contribution is -2.51. The van der Waals surface area contributed by atoms with Gasteiger partial charge in [0.1, 0.15) is 18.2 Å². The number of aliphatic imine (C=N–C) groups is 1. The Morgan fingerprint density at radius 2 is 2.24 bits per heavy atom. The van der Waals surface area contributed by atoms with Crippen molar-refractivity contribution in [3.63, 3.8) is 0 Å². The van der Waals surface area contributed by atoms with Crippen molar-refractivity contribution >= 4 is 11.9 Å². The number of guanidine groups is 1. The number of hydrogen-bond acceptors (Lipinski definition) is 7. The second-order valence-corrected chi connectivity index (χ2v) is 5.54. The molecule has 5 unspecified atom stereocenters. The van der Waals surface area contributed by atoms with Crippen molar-refractivity contribution in [3.05, 3.63) is 23.9 Å². The van der Waals surface area contributed by atoms with Crippen molar-refractivity contribution in [3.8, 4) is 0 Å². The third kappa shape index (κ3) is 2.41. The Bertz CT molecular complexity index is 544. The lowest BCUT2D eigenvalue weighted by atomic mass is 9.97. The summed E-state index contributed by atoms with van der Waals surface area (Å²) in [6.45, 7) is 0.424. The molecule has 0 saturated heterocycles. The molecule has 0 bridgehead atoms. The van der Waals surface area contributed by atoms with Crippen LogP contribution < -0.4 is 16.4 Å². The zero-order chi connectivity index (χ0) is 15.1. The Balaban J connectivity index is 1.68. The molecule has 8 nitrogen and oxygen atoms in total. The van der Waals surface area contributed by atoms with E-state index in [0.717, 1.165) is 5.57 Å². The van der Waals surface area contributed by atoms with E-state index in [4.69, 9.17) is 5.73 Å². The number of amides is 1. The summed E-state index contributed by atoms with van der Waals surface area (Å²) in [5, 5.41) is 24.9. The summed E-state index contributed by atoms with van der Waals surface area (Å²) in [4.78, 5) is 18.2. The summed E-state index contributed by atoms with van der Waals surface area (Å²) >= 11 is 0. The number of carbonyl (C=O) groups excluding carboxylic acids is 1. The standard InChI is InChI=1S/C13H19N5O3/c1-18-5-6(4-15-7-2-3-8(19)10(7)20)9-11(18)16-13(14)17-12(9)21/h2-3,5,7-11,15,19-20H,4H2,1H3,(H3,14,16,17,21). The first-order valence-electron chi connectivity index (χ1n) is 6.82. The third-order valence-corrected chi connectivity index (χ3v) is 4.06. The summed E-state index contributed by atoms with van der Waals surface area (Å²) < 4.78 is 0. The predicted molar refractivity (Wildman–Crippen MR) is 75.8 cm³/mol. The highest BCUT2D eigenvalue weighted by Gasteiger charge is 2.41. The Labute approximate surface area is 122 Å². The van der Waals surface area contributed by atoms with Crippen LogP contribution in [0, 0.1) is 5.92 Å². The molecule has 2 heterocycles. The van der Waals surface area contributed by atoms with E-state index in [-0.39, 0.29) is 30.0 Å². The van der Waals surface area contributed by atoms with Gasteiger partial charge in [-0.15, -0.1) is 0 Å². The number of nitrogens with two attached hydrogens (primary N) is 1. The predicted octanol–water partition coefficient (Wildman–Crippen LogP) is -2.55. The molecule has 0 aromatic rings. The van der Waals surface area contributed by atoms with E-state index in [0.29, 0.717) is 6.54 Å². The van der Waals surface area contributed by atoms with Gasteiger partial charge in [-0.3, -0.25) is 10.1 Å². The topological polar surface area (TPSA) is 123 Å². The molecule has 5 atom stereocenters. The van der Waals surface area contributed by atoms with E-state index in [1.807, 2.05) is 18.1 Å². The van der Waals surface area contributed by atoms with Crippen LogP contribution in [0.5, 0.6) is 0 Å². The second kappa shape index (κ2) is 5.14. The molecule has 0 radical (unpaired) electrons. The summed E-state index contributed by atoms with van der Waals surface area (Å²) in [6.07, 6.45) is 3.12. The molecular formula is C13H19N5O3. The van der Waals surface area contributed by atoms with E-state index in [1.54, 1.807) is 12.2 Å². The molecule has 0 spiro atoms. The molecule has 0 aromatic carbocycles. The molecule has 21 heavy (non-hydrogen) atoms. The monoisotopic (exact) mass is 293 g/mol. The molecule has 1 amide bonds. The van der Waals surface area contributed by atoms with Gasteiger partial charge in [-0.25, -0.2) is 4.99 Å². The third-order valence-electron chi connectivity index (χ3n) is 4.06. The zero-order valence-electron chi connectivity index (χ0n) is 11.6. The number of fused-ring (bicyclic) bond motifs is 1. The number of aliphatic hydroxyl groups excluding tert-OH is 2. The SMILES string of the molecule is CN1C=C(CNC2C=CC(O)C2O)C2C(=O)NC(N)=NC21. The molecule has 114 valence electrons. The van der Waals surface area contributed by atoms with Crippen LogP contribution in [0.15, 0.2) is 28.9 Å². The number of nitrogens with zero attached hydrogens (tertiary/aromatic N) is 2. The number of hydrogen-bond donors (Lipinski definition) is 5. The van der Waals surface area contributed by atoms with Gasteiger partial charge in [0.05, 0.1) is 12.1 Å². The molecule has 6 N–H and O–H groups in total. The van der Waals surface area contributed by atoms with Crippen molar-refractivity contribution in [2.45, 2.75) is 24.4 Å². The summed E-state index contributed by atoms with van der Waals surface area (Å²) in [5.41, 5.74) is 6.45. The average molecular weight is 293 g/mol. The number of nitrogens with one attached hydrogen (secondary N) is 2. The number of aliphatic hydroxyl groups is 2.